The summed E-state index contributed by atoms with van der Waals surface area (Å²) in [4.78, 5) is 0. The molecule has 0 aliphatic heterocycles. The van der Waals surface area contributed by atoms with E-state index in [2.05, 4.69) is 15.4 Å². The SMILES string of the molecule is CC(C)c1nnncc1N. The standard InChI is InChI=1S/C6H10N4/c1-4(2)6-5(7)3-8-10-9-6/h3-4H,1-2H3,(H2,7,10). The van der Waals surface area contributed by atoms with Crippen molar-refractivity contribution in [3.05, 3.63) is 11.9 Å². The van der Waals surface area contributed by atoms with Crippen molar-refractivity contribution < 1.29 is 0 Å². The molecule has 0 bridgehead atoms. The second-order valence-corrected chi connectivity index (χ2v) is 2.43. The van der Waals surface area contributed by atoms with E-state index in [0.717, 1.165) is 5.69 Å². The molecule has 0 saturated carbocycles. The fraction of sp³-hybridized carbons (Fsp3) is 0.500. The Morgan fingerprint density at radius 2 is 2.20 bits per heavy atom. The highest BCUT2D eigenvalue weighted by Crippen LogP contribution is 2.15. The lowest BCUT2D eigenvalue weighted by Crippen LogP contribution is -2.02. The van der Waals surface area contributed by atoms with Crippen LogP contribution in [0, 0.1) is 0 Å². The van der Waals surface area contributed by atoms with Gasteiger partial charge in [-0.1, -0.05) is 13.8 Å². The van der Waals surface area contributed by atoms with Crippen molar-refractivity contribution in [1.82, 2.24) is 15.4 Å². The van der Waals surface area contributed by atoms with Crippen LogP contribution in [0.3, 0.4) is 0 Å². The predicted molar refractivity (Wildman–Crippen MR) is 38.3 cm³/mol. The molecular weight excluding hydrogens is 128 g/mol. The molecule has 0 unspecified atom stereocenters. The molecule has 1 aromatic heterocycles. The predicted octanol–water partition coefficient (Wildman–Crippen LogP) is 0.577. The summed E-state index contributed by atoms with van der Waals surface area (Å²) in [6.07, 6.45) is 1.52. The summed E-state index contributed by atoms with van der Waals surface area (Å²) in [6.45, 7) is 4.03. The van der Waals surface area contributed by atoms with E-state index < -0.39 is 0 Å². The first-order valence-electron chi connectivity index (χ1n) is 3.15. The van der Waals surface area contributed by atoms with Crippen LogP contribution < -0.4 is 5.73 Å². The summed E-state index contributed by atoms with van der Waals surface area (Å²) in [6, 6.07) is 0. The zero-order valence-electron chi connectivity index (χ0n) is 6.07. The van der Waals surface area contributed by atoms with Gasteiger partial charge in [0.15, 0.2) is 0 Å². The Hall–Kier alpha value is -1.19. The van der Waals surface area contributed by atoms with E-state index in [-0.39, 0.29) is 0 Å². The third kappa shape index (κ3) is 1.21. The molecule has 0 aliphatic carbocycles. The molecule has 54 valence electrons. The number of hydrogen-bond donors (Lipinski definition) is 1. The average Bonchev–Trinajstić information content (AvgIpc) is 1.88. The number of hydrogen-bond acceptors (Lipinski definition) is 4. The Morgan fingerprint density at radius 3 is 2.60 bits per heavy atom. The van der Waals surface area contributed by atoms with Gasteiger partial charge in [0.05, 0.1) is 17.6 Å². The fourth-order valence-electron chi connectivity index (χ4n) is 0.735. The molecule has 2 N–H and O–H groups in total. The molecule has 0 aromatic carbocycles. The summed E-state index contributed by atoms with van der Waals surface area (Å²) < 4.78 is 0. The van der Waals surface area contributed by atoms with Crippen LogP contribution in [-0.4, -0.2) is 15.4 Å². The monoisotopic (exact) mass is 138 g/mol. The van der Waals surface area contributed by atoms with Crippen molar-refractivity contribution in [2.24, 2.45) is 0 Å². The van der Waals surface area contributed by atoms with Crippen LogP contribution in [0.25, 0.3) is 0 Å². The van der Waals surface area contributed by atoms with E-state index in [9.17, 15) is 0 Å². The smallest absolute Gasteiger partial charge is 0.0919 e. The molecule has 4 heteroatoms. The Labute approximate surface area is 59.5 Å². The van der Waals surface area contributed by atoms with Gasteiger partial charge in [-0.05, 0) is 11.1 Å². The lowest BCUT2D eigenvalue weighted by Gasteiger charge is -2.03. The Balaban J connectivity index is 3.03. The number of rotatable bonds is 1. The Bertz CT molecular complexity index is 221. The molecule has 0 saturated heterocycles. The second kappa shape index (κ2) is 2.60. The van der Waals surface area contributed by atoms with Crippen LogP contribution >= 0.6 is 0 Å². The number of nitrogens with zero attached hydrogens (tertiary/aromatic N) is 3. The summed E-state index contributed by atoms with van der Waals surface area (Å²) in [7, 11) is 0. The first-order valence-corrected chi connectivity index (χ1v) is 3.15. The van der Waals surface area contributed by atoms with Crippen molar-refractivity contribution >= 4 is 5.69 Å². The molecule has 0 amide bonds. The number of nitrogen functional groups attached to an aromatic ring is 1. The van der Waals surface area contributed by atoms with Gasteiger partial charge in [-0.2, -0.15) is 0 Å². The molecule has 0 aliphatic rings. The maximum Gasteiger partial charge on any atom is 0.0919 e. The quantitative estimate of drug-likeness (QED) is 0.616. The molecule has 1 aromatic rings. The van der Waals surface area contributed by atoms with Crippen molar-refractivity contribution in [3.8, 4) is 0 Å². The molecule has 0 fully saturated rings. The highest BCUT2D eigenvalue weighted by atomic mass is 15.3. The van der Waals surface area contributed by atoms with Crippen molar-refractivity contribution in [3.63, 3.8) is 0 Å². The maximum absolute atomic E-state index is 5.56. The Morgan fingerprint density at radius 1 is 1.50 bits per heavy atom. The zero-order chi connectivity index (χ0) is 7.56. The van der Waals surface area contributed by atoms with Crippen LogP contribution in [0.1, 0.15) is 25.5 Å². The van der Waals surface area contributed by atoms with E-state index in [1.165, 1.54) is 6.20 Å². The highest BCUT2D eigenvalue weighted by molar-refractivity contribution is 5.40. The van der Waals surface area contributed by atoms with Gasteiger partial charge in [-0.3, -0.25) is 0 Å². The number of aromatic nitrogens is 3. The van der Waals surface area contributed by atoms with Crippen molar-refractivity contribution in [2.45, 2.75) is 19.8 Å². The highest BCUT2D eigenvalue weighted by Gasteiger charge is 2.04. The molecule has 1 heterocycles. The van der Waals surface area contributed by atoms with Gasteiger partial charge in [-0.25, -0.2) is 0 Å². The van der Waals surface area contributed by atoms with Crippen molar-refractivity contribution in [1.29, 1.82) is 0 Å². The van der Waals surface area contributed by atoms with Crippen LogP contribution in [0.5, 0.6) is 0 Å². The summed E-state index contributed by atoms with van der Waals surface area (Å²) >= 11 is 0. The van der Waals surface area contributed by atoms with Crippen LogP contribution in [0.15, 0.2) is 6.20 Å². The molecular formula is C6H10N4. The van der Waals surface area contributed by atoms with Gasteiger partial charge in [0.1, 0.15) is 0 Å². The van der Waals surface area contributed by atoms with Gasteiger partial charge in [0.2, 0.25) is 0 Å². The second-order valence-electron chi connectivity index (χ2n) is 2.43. The number of anilines is 1. The molecule has 10 heavy (non-hydrogen) atoms. The van der Waals surface area contributed by atoms with Crippen LogP contribution in [0.4, 0.5) is 5.69 Å². The minimum Gasteiger partial charge on any atom is -0.396 e. The van der Waals surface area contributed by atoms with E-state index in [0.29, 0.717) is 11.6 Å². The maximum atomic E-state index is 5.56. The van der Waals surface area contributed by atoms with Gasteiger partial charge >= 0.3 is 0 Å². The van der Waals surface area contributed by atoms with Gasteiger partial charge in [-0.15, -0.1) is 10.2 Å². The third-order valence-electron chi connectivity index (χ3n) is 1.24. The minimum absolute atomic E-state index is 0.315. The molecule has 4 nitrogen and oxygen atoms in total. The third-order valence-corrected chi connectivity index (χ3v) is 1.24. The topological polar surface area (TPSA) is 64.7 Å². The van der Waals surface area contributed by atoms with E-state index in [4.69, 9.17) is 5.73 Å². The van der Waals surface area contributed by atoms with Gasteiger partial charge < -0.3 is 5.73 Å². The Kier molecular flexibility index (Phi) is 1.80. The lowest BCUT2D eigenvalue weighted by atomic mass is 10.1. The minimum atomic E-state index is 0.315. The van der Waals surface area contributed by atoms with Gasteiger partial charge in [0, 0.05) is 0 Å². The first kappa shape index (κ1) is 6.92. The molecule has 1 rings (SSSR count). The normalized spacial score (nSPS) is 10.3. The summed E-state index contributed by atoms with van der Waals surface area (Å²) in [5.74, 6) is 0.315. The van der Waals surface area contributed by atoms with Crippen molar-refractivity contribution in [2.75, 3.05) is 5.73 Å². The average molecular weight is 138 g/mol. The number of nitrogens with two attached hydrogens (primary N) is 1. The molecule has 0 atom stereocenters. The van der Waals surface area contributed by atoms with Gasteiger partial charge in [0.25, 0.3) is 0 Å². The van der Waals surface area contributed by atoms with Crippen LogP contribution in [-0.2, 0) is 0 Å². The summed E-state index contributed by atoms with van der Waals surface area (Å²) in [5.41, 5.74) is 6.99. The summed E-state index contributed by atoms with van der Waals surface area (Å²) in [5, 5.41) is 10.8. The molecule has 0 spiro atoms. The van der Waals surface area contributed by atoms with E-state index in [1.54, 1.807) is 0 Å². The van der Waals surface area contributed by atoms with E-state index >= 15 is 0 Å². The molecule has 0 radical (unpaired) electrons. The lowest BCUT2D eigenvalue weighted by molar-refractivity contribution is 0.746. The fourth-order valence-corrected chi connectivity index (χ4v) is 0.735. The largest absolute Gasteiger partial charge is 0.396 e. The first-order chi connectivity index (χ1) is 4.72. The van der Waals surface area contributed by atoms with E-state index in [1.807, 2.05) is 13.8 Å². The van der Waals surface area contributed by atoms with Crippen LogP contribution in [0.2, 0.25) is 0 Å². The zero-order valence-corrected chi connectivity index (χ0v) is 6.07.